The topological polar surface area (TPSA) is 46.5 Å². The predicted octanol–water partition coefficient (Wildman–Crippen LogP) is 2.43. The summed E-state index contributed by atoms with van der Waals surface area (Å²) in [6.45, 7) is 0. The third kappa shape index (κ3) is 2.13. The maximum absolute atomic E-state index is 11.7. The molecule has 0 saturated carbocycles. The third-order valence-electron chi connectivity index (χ3n) is 3.46. The molecular weight excluding hydrogens is 240 g/mol. The molecule has 3 heteroatoms. The van der Waals surface area contributed by atoms with Crippen molar-refractivity contribution in [3.63, 3.8) is 0 Å². The van der Waals surface area contributed by atoms with Crippen LogP contribution in [0.15, 0.2) is 60.7 Å². The van der Waals surface area contributed by atoms with E-state index < -0.39 is 18.2 Å². The molecule has 3 atom stereocenters. The van der Waals surface area contributed by atoms with Crippen LogP contribution in [-0.2, 0) is 9.53 Å². The van der Waals surface area contributed by atoms with E-state index in [4.69, 9.17) is 4.74 Å². The Morgan fingerprint density at radius 2 is 1.37 bits per heavy atom. The Hall–Kier alpha value is -2.13. The molecule has 2 aromatic carbocycles. The molecule has 1 heterocycles. The molecule has 0 amide bonds. The molecule has 3 nitrogen and oxygen atoms in total. The average Bonchev–Trinajstić information content (AvgIpc) is 2.77. The van der Waals surface area contributed by atoms with Crippen LogP contribution in [0.25, 0.3) is 0 Å². The minimum absolute atomic E-state index is 0.351. The molecule has 0 aliphatic carbocycles. The molecule has 1 saturated heterocycles. The van der Waals surface area contributed by atoms with E-state index in [1.54, 1.807) is 0 Å². The number of benzene rings is 2. The van der Waals surface area contributed by atoms with Gasteiger partial charge in [0.15, 0.2) is 6.10 Å². The number of carbonyl (C=O) groups excluding carboxylic acids is 1. The van der Waals surface area contributed by atoms with E-state index in [1.807, 2.05) is 60.7 Å². The maximum Gasteiger partial charge on any atom is 0.336 e. The summed E-state index contributed by atoms with van der Waals surface area (Å²) in [6, 6.07) is 19.0. The van der Waals surface area contributed by atoms with Crippen molar-refractivity contribution in [2.75, 3.05) is 0 Å². The van der Waals surface area contributed by atoms with Gasteiger partial charge in [0.25, 0.3) is 0 Å². The molecule has 0 spiro atoms. The van der Waals surface area contributed by atoms with Crippen molar-refractivity contribution in [1.29, 1.82) is 0 Å². The minimum Gasteiger partial charge on any atom is -0.455 e. The Morgan fingerprint density at radius 1 is 0.842 bits per heavy atom. The Bertz CT molecular complexity index is 565. The summed E-state index contributed by atoms with van der Waals surface area (Å²) in [7, 11) is 0. The fourth-order valence-electron chi connectivity index (χ4n) is 2.53. The van der Waals surface area contributed by atoms with Gasteiger partial charge in [-0.3, -0.25) is 0 Å². The van der Waals surface area contributed by atoms with Crippen LogP contribution < -0.4 is 0 Å². The first kappa shape index (κ1) is 11.9. The van der Waals surface area contributed by atoms with Crippen LogP contribution in [0.3, 0.4) is 0 Å². The third-order valence-corrected chi connectivity index (χ3v) is 3.46. The lowest BCUT2D eigenvalue weighted by atomic mass is 9.87. The Balaban J connectivity index is 2.01. The number of cyclic esters (lactones) is 1. The van der Waals surface area contributed by atoms with Gasteiger partial charge in [0.05, 0.1) is 5.92 Å². The lowest BCUT2D eigenvalue weighted by Crippen LogP contribution is -2.20. The second-order valence-corrected chi connectivity index (χ2v) is 4.65. The van der Waals surface area contributed by atoms with E-state index in [-0.39, 0.29) is 5.92 Å². The van der Waals surface area contributed by atoms with Crippen molar-refractivity contribution in [1.82, 2.24) is 0 Å². The summed E-state index contributed by atoms with van der Waals surface area (Å²) in [4.78, 5) is 11.7. The first-order valence-electron chi connectivity index (χ1n) is 6.26. The van der Waals surface area contributed by atoms with Gasteiger partial charge < -0.3 is 9.84 Å². The number of hydrogen-bond acceptors (Lipinski definition) is 3. The molecular formula is C16H14O3. The first-order chi connectivity index (χ1) is 9.27. The second kappa shape index (κ2) is 4.86. The fraction of sp³-hybridized carbons (Fsp3) is 0.188. The van der Waals surface area contributed by atoms with Gasteiger partial charge in [-0.25, -0.2) is 4.79 Å². The summed E-state index contributed by atoms with van der Waals surface area (Å²) in [5.74, 6) is -0.904. The molecule has 3 unspecified atom stereocenters. The normalized spacial score (nSPS) is 26.2. The zero-order valence-electron chi connectivity index (χ0n) is 10.3. The zero-order chi connectivity index (χ0) is 13.2. The van der Waals surface area contributed by atoms with E-state index in [1.165, 1.54) is 0 Å². The van der Waals surface area contributed by atoms with Crippen molar-refractivity contribution in [3.05, 3.63) is 71.8 Å². The van der Waals surface area contributed by atoms with E-state index in [2.05, 4.69) is 0 Å². The molecule has 1 aliphatic heterocycles. The summed E-state index contributed by atoms with van der Waals surface area (Å²) in [6.07, 6.45) is -1.53. The zero-order valence-corrected chi connectivity index (χ0v) is 10.3. The van der Waals surface area contributed by atoms with Crippen LogP contribution in [0.4, 0.5) is 0 Å². The number of aliphatic hydroxyl groups excluding tert-OH is 1. The van der Waals surface area contributed by atoms with Gasteiger partial charge in [0.2, 0.25) is 0 Å². The molecule has 1 N–H and O–H groups in total. The highest BCUT2D eigenvalue weighted by atomic mass is 16.6. The lowest BCUT2D eigenvalue weighted by Gasteiger charge is -2.19. The number of aliphatic hydroxyl groups is 1. The molecule has 0 aromatic heterocycles. The Kier molecular flexibility index (Phi) is 3.05. The number of esters is 1. The molecule has 1 fully saturated rings. The lowest BCUT2D eigenvalue weighted by molar-refractivity contribution is -0.147. The van der Waals surface area contributed by atoms with Crippen molar-refractivity contribution in [3.8, 4) is 0 Å². The maximum atomic E-state index is 11.7. The van der Waals surface area contributed by atoms with Crippen molar-refractivity contribution < 1.29 is 14.6 Å². The summed E-state index contributed by atoms with van der Waals surface area (Å²) in [5.41, 5.74) is 1.82. The van der Waals surface area contributed by atoms with Gasteiger partial charge in [-0.15, -0.1) is 0 Å². The Morgan fingerprint density at radius 3 is 1.95 bits per heavy atom. The van der Waals surface area contributed by atoms with Gasteiger partial charge in [0, 0.05) is 0 Å². The van der Waals surface area contributed by atoms with E-state index in [9.17, 15) is 9.90 Å². The van der Waals surface area contributed by atoms with Crippen LogP contribution in [0.1, 0.15) is 23.1 Å². The highest BCUT2D eigenvalue weighted by molar-refractivity contribution is 5.79. The number of ether oxygens (including phenoxy) is 1. The number of hydrogen-bond donors (Lipinski definition) is 1. The van der Waals surface area contributed by atoms with Crippen LogP contribution in [0.5, 0.6) is 0 Å². The quantitative estimate of drug-likeness (QED) is 0.837. The van der Waals surface area contributed by atoms with Crippen LogP contribution in [-0.4, -0.2) is 17.2 Å². The van der Waals surface area contributed by atoms with E-state index in [0.29, 0.717) is 0 Å². The highest BCUT2D eigenvalue weighted by Gasteiger charge is 2.45. The van der Waals surface area contributed by atoms with Gasteiger partial charge in [-0.2, -0.15) is 0 Å². The van der Waals surface area contributed by atoms with Crippen LogP contribution in [0, 0.1) is 0 Å². The predicted molar refractivity (Wildman–Crippen MR) is 70.5 cm³/mol. The van der Waals surface area contributed by atoms with Gasteiger partial charge in [-0.1, -0.05) is 60.7 Å². The van der Waals surface area contributed by atoms with Crippen LogP contribution in [0.2, 0.25) is 0 Å². The number of carbonyl (C=O) groups is 1. The molecule has 2 aromatic rings. The monoisotopic (exact) mass is 254 g/mol. The largest absolute Gasteiger partial charge is 0.455 e. The summed E-state index contributed by atoms with van der Waals surface area (Å²) in [5, 5.41) is 10.1. The van der Waals surface area contributed by atoms with E-state index >= 15 is 0 Å². The molecule has 0 bridgehead atoms. The van der Waals surface area contributed by atoms with E-state index in [0.717, 1.165) is 11.1 Å². The molecule has 19 heavy (non-hydrogen) atoms. The van der Waals surface area contributed by atoms with Crippen molar-refractivity contribution >= 4 is 5.97 Å². The van der Waals surface area contributed by atoms with Gasteiger partial charge >= 0.3 is 5.97 Å². The smallest absolute Gasteiger partial charge is 0.336 e. The fourth-order valence-corrected chi connectivity index (χ4v) is 2.53. The second-order valence-electron chi connectivity index (χ2n) is 4.65. The number of rotatable bonds is 2. The minimum atomic E-state index is -1.10. The highest BCUT2D eigenvalue weighted by Crippen LogP contribution is 2.42. The van der Waals surface area contributed by atoms with Crippen LogP contribution >= 0.6 is 0 Å². The molecule has 3 rings (SSSR count). The standard InChI is InChI=1S/C16H14O3/c17-14-13(11-7-3-1-4-8-11)15(19-16(14)18)12-9-5-2-6-10-12/h1-10,13-15,17H. The Labute approximate surface area is 111 Å². The molecule has 0 radical (unpaired) electrons. The molecule has 96 valence electrons. The molecule has 1 aliphatic rings. The average molecular weight is 254 g/mol. The first-order valence-corrected chi connectivity index (χ1v) is 6.26. The SMILES string of the molecule is O=C1OC(c2ccccc2)C(c2ccccc2)C1O. The summed E-state index contributed by atoms with van der Waals surface area (Å²) < 4.78 is 5.34. The van der Waals surface area contributed by atoms with Gasteiger partial charge in [0.1, 0.15) is 6.10 Å². The van der Waals surface area contributed by atoms with Gasteiger partial charge in [-0.05, 0) is 11.1 Å². The van der Waals surface area contributed by atoms with Crippen molar-refractivity contribution in [2.24, 2.45) is 0 Å². The summed E-state index contributed by atoms with van der Waals surface area (Å²) >= 11 is 0. The van der Waals surface area contributed by atoms with Crippen molar-refractivity contribution in [2.45, 2.75) is 18.1 Å².